The van der Waals surface area contributed by atoms with Gasteiger partial charge in [0.1, 0.15) is 12.3 Å². The van der Waals surface area contributed by atoms with E-state index < -0.39 is 5.82 Å². The third-order valence-electron chi connectivity index (χ3n) is 5.52. The Kier molecular flexibility index (Phi) is 8.71. The first-order chi connectivity index (χ1) is 17.9. The molecule has 0 fully saturated rings. The molecule has 37 heavy (non-hydrogen) atoms. The van der Waals surface area contributed by atoms with E-state index in [1.165, 1.54) is 31.4 Å². The van der Waals surface area contributed by atoms with Crippen molar-refractivity contribution < 1.29 is 18.7 Å². The van der Waals surface area contributed by atoms with Crippen LogP contribution in [0.15, 0.2) is 77.9 Å². The summed E-state index contributed by atoms with van der Waals surface area (Å²) in [7, 11) is 1.53. The lowest BCUT2D eigenvalue weighted by atomic mass is 10.1. The first-order valence-corrected chi connectivity index (χ1v) is 12.0. The Labute approximate surface area is 218 Å². The van der Waals surface area contributed by atoms with E-state index in [-0.39, 0.29) is 37.0 Å². The van der Waals surface area contributed by atoms with Crippen LogP contribution in [0.4, 0.5) is 4.39 Å². The smallest absolute Gasteiger partial charge is 0.254 e. The average Bonchev–Trinajstić information content (AvgIpc) is 3.28. The molecule has 1 amide bonds. The van der Waals surface area contributed by atoms with Gasteiger partial charge in [-0.05, 0) is 29.3 Å². The van der Waals surface area contributed by atoms with Crippen LogP contribution < -0.4 is 15.6 Å². The molecule has 0 saturated carbocycles. The van der Waals surface area contributed by atoms with Crippen LogP contribution in [0.1, 0.15) is 27.2 Å². The molecule has 0 radical (unpaired) electrons. The fourth-order valence-corrected chi connectivity index (χ4v) is 3.87. The highest BCUT2D eigenvalue weighted by atomic mass is 35.5. The van der Waals surface area contributed by atoms with Crippen molar-refractivity contribution >= 4 is 17.5 Å². The second-order valence-electron chi connectivity index (χ2n) is 8.28. The Balaban J connectivity index is 1.36. The maximum atomic E-state index is 13.8. The number of halogens is 2. The van der Waals surface area contributed by atoms with E-state index in [1.54, 1.807) is 27.7 Å². The van der Waals surface area contributed by atoms with E-state index >= 15 is 0 Å². The van der Waals surface area contributed by atoms with Crippen molar-refractivity contribution in [3.8, 4) is 5.75 Å². The topological polar surface area (TPSA) is 87.4 Å². The van der Waals surface area contributed by atoms with E-state index in [0.29, 0.717) is 29.4 Å². The van der Waals surface area contributed by atoms with Crippen LogP contribution in [-0.4, -0.2) is 40.5 Å². The van der Waals surface area contributed by atoms with Gasteiger partial charge in [0.25, 0.3) is 11.5 Å². The molecule has 0 aliphatic carbocycles. The van der Waals surface area contributed by atoms with Gasteiger partial charge in [0, 0.05) is 36.7 Å². The maximum Gasteiger partial charge on any atom is 0.254 e. The van der Waals surface area contributed by atoms with E-state index in [1.807, 2.05) is 30.3 Å². The number of benzene rings is 2. The van der Waals surface area contributed by atoms with Crippen LogP contribution in [-0.2, 0) is 24.4 Å². The fourth-order valence-electron chi connectivity index (χ4n) is 3.71. The molecule has 8 nitrogen and oxygen atoms in total. The van der Waals surface area contributed by atoms with Gasteiger partial charge >= 0.3 is 0 Å². The summed E-state index contributed by atoms with van der Waals surface area (Å²) in [6.45, 7) is 1.34. The lowest BCUT2D eigenvalue weighted by Crippen LogP contribution is -2.28. The standard InChI is InChI=1S/C27H26ClFN4O4/c1-36-18-24-22(27(35)30-11-13-37-25-14-21(28)9-10-23(25)29)17-33(31-24)16-20-7-5-19(6-8-20)15-32-12-3-2-4-26(32)34/h2-10,12,14,17H,11,13,15-16,18H2,1H3,(H,30,35). The summed E-state index contributed by atoms with van der Waals surface area (Å²) >= 11 is 5.86. The van der Waals surface area contributed by atoms with Crippen LogP contribution >= 0.6 is 11.6 Å². The monoisotopic (exact) mass is 524 g/mol. The van der Waals surface area contributed by atoms with Crippen molar-refractivity contribution in [2.75, 3.05) is 20.3 Å². The largest absolute Gasteiger partial charge is 0.489 e. The second-order valence-corrected chi connectivity index (χ2v) is 8.72. The van der Waals surface area contributed by atoms with E-state index in [0.717, 1.165) is 11.1 Å². The number of carbonyl (C=O) groups excluding carboxylic acids is 1. The number of methoxy groups -OCH3 is 1. The molecule has 0 atom stereocenters. The van der Waals surface area contributed by atoms with Gasteiger partial charge < -0.3 is 19.4 Å². The van der Waals surface area contributed by atoms with Crippen molar-refractivity contribution in [1.29, 1.82) is 0 Å². The highest BCUT2D eigenvalue weighted by molar-refractivity contribution is 6.30. The summed E-state index contributed by atoms with van der Waals surface area (Å²) in [5.74, 6) is -0.838. The molecule has 4 rings (SSSR count). The van der Waals surface area contributed by atoms with Crippen LogP contribution in [0, 0.1) is 5.82 Å². The number of pyridine rings is 1. The van der Waals surface area contributed by atoms with E-state index in [9.17, 15) is 14.0 Å². The van der Waals surface area contributed by atoms with Gasteiger partial charge in [-0.1, -0.05) is 41.9 Å². The lowest BCUT2D eigenvalue weighted by molar-refractivity contribution is 0.0941. The summed E-state index contributed by atoms with van der Waals surface area (Å²) in [5, 5.41) is 7.62. The molecule has 0 unspecified atom stereocenters. The minimum atomic E-state index is -0.526. The molecule has 2 aromatic heterocycles. The van der Waals surface area contributed by atoms with Crippen molar-refractivity contribution in [1.82, 2.24) is 19.7 Å². The molecular weight excluding hydrogens is 499 g/mol. The highest BCUT2D eigenvalue weighted by Gasteiger charge is 2.16. The predicted octanol–water partition coefficient (Wildman–Crippen LogP) is 3.89. The van der Waals surface area contributed by atoms with Crippen molar-refractivity contribution in [3.05, 3.63) is 117 Å². The van der Waals surface area contributed by atoms with Gasteiger partial charge in [-0.15, -0.1) is 0 Å². The fraction of sp³-hybridized carbons (Fsp3) is 0.222. The van der Waals surface area contributed by atoms with Crippen molar-refractivity contribution in [3.63, 3.8) is 0 Å². The Hall–Kier alpha value is -3.95. The van der Waals surface area contributed by atoms with Gasteiger partial charge in [0.05, 0.1) is 31.8 Å². The minimum Gasteiger partial charge on any atom is -0.489 e. The first kappa shape index (κ1) is 26.1. The molecule has 1 N–H and O–H groups in total. The number of ether oxygens (including phenoxy) is 2. The SMILES string of the molecule is COCc1nn(Cc2ccc(Cn3ccccc3=O)cc2)cc1C(=O)NCCOc1cc(Cl)ccc1F. The first-order valence-electron chi connectivity index (χ1n) is 11.6. The van der Waals surface area contributed by atoms with Gasteiger partial charge in [-0.2, -0.15) is 5.10 Å². The predicted molar refractivity (Wildman–Crippen MR) is 138 cm³/mol. The van der Waals surface area contributed by atoms with E-state index in [4.69, 9.17) is 21.1 Å². The van der Waals surface area contributed by atoms with Crippen LogP contribution in [0.3, 0.4) is 0 Å². The minimum absolute atomic E-state index is 0.0245. The molecular formula is C27H26ClFN4O4. The molecule has 0 aliphatic rings. The van der Waals surface area contributed by atoms with Crippen LogP contribution in [0.2, 0.25) is 5.02 Å². The van der Waals surface area contributed by atoms with Crippen LogP contribution in [0.25, 0.3) is 0 Å². The summed E-state index contributed by atoms with van der Waals surface area (Å²) in [6, 6.07) is 17.0. The highest BCUT2D eigenvalue weighted by Crippen LogP contribution is 2.21. The number of carbonyl (C=O) groups is 1. The zero-order valence-corrected chi connectivity index (χ0v) is 21.0. The Morgan fingerprint density at radius 3 is 2.57 bits per heavy atom. The number of nitrogens with zero attached hydrogens (tertiary/aromatic N) is 3. The molecule has 0 saturated heterocycles. The molecule has 2 heterocycles. The molecule has 2 aromatic carbocycles. The van der Waals surface area contributed by atoms with Crippen molar-refractivity contribution in [2.24, 2.45) is 0 Å². The van der Waals surface area contributed by atoms with Gasteiger partial charge in [0.15, 0.2) is 11.6 Å². The third kappa shape index (κ3) is 7.05. The number of amides is 1. The quantitative estimate of drug-likeness (QED) is 0.301. The molecule has 192 valence electrons. The summed E-state index contributed by atoms with van der Waals surface area (Å²) in [6.07, 6.45) is 3.42. The second kappa shape index (κ2) is 12.3. The lowest BCUT2D eigenvalue weighted by Gasteiger charge is -2.09. The van der Waals surface area contributed by atoms with Gasteiger partial charge in [0.2, 0.25) is 0 Å². The number of nitrogens with one attached hydrogen (secondary N) is 1. The summed E-state index contributed by atoms with van der Waals surface area (Å²) in [5.41, 5.74) is 2.82. The molecule has 0 bridgehead atoms. The maximum absolute atomic E-state index is 13.8. The summed E-state index contributed by atoms with van der Waals surface area (Å²) in [4.78, 5) is 24.7. The Morgan fingerprint density at radius 2 is 1.84 bits per heavy atom. The van der Waals surface area contributed by atoms with Crippen molar-refractivity contribution in [2.45, 2.75) is 19.7 Å². The van der Waals surface area contributed by atoms with E-state index in [2.05, 4.69) is 10.4 Å². The number of aromatic nitrogens is 3. The third-order valence-corrected chi connectivity index (χ3v) is 5.76. The molecule has 0 spiro atoms. The normalized spacial score (nSPS) is 10.9. The molecule has 10 heteroatoms. The Bertz CT molecular complexity index is 1420. The number of hydrogen-bond acceptors (Lipinski definition) is 5. The van der Waals surface area contributed by atoms with Crippen LogP contribution in [0.5, 0.6) is 5.75 Å². The number of rotatable bonds is 11. The Morgan fingerprint density at radius 1 is 1.08 bits per heavy atom. The van der Waals surface area contributed by atoms with Gasteiger partial charge in [-0.25, -0.2) is 4.39 Å². The zero-order valence-electron chi connectivity index (χ0n) is 20.2. The average molecular weight is 525 g/mol. The zero-order chi connectivity index (χ0) is 26.2. The number of hydrogen-bond donors (Lipinski definition) is 1. The molecule has 0 aliphatic heterocycles. The summed E-state index contributed by atoms with van der Waals surface area (Å²) < 4.78 is 27.7. The van der Waals surface area contributed by atoms with Gasteiger partial charge in [-0.3, -0.25) is 14.3 Å². The molecule has 4 aromatic rings.